The maximum Gasteiger partial charge on any atom is 0.336 e. The molecule has 0 fully saturated rings. The predicted octanol–water partition coefficient (Wildman–Crippen LogP) is 26.7. The molecule has 13 N–H and O–H groups in total. The largest absolute Gasteiger partial charge is 0.478 e. The van der Waals surface area contributed by atoms with E-state index in [-0.39, 0.29) is 11.1 Å². The maximum absolute atomic E-state index is 11.4. The van der Waals surface area contributed by atoms with Crippen molar-refractivity contribution in [3.8, 4) is 89.1 Å². The third-order valence-electron chi connectivity index (χ3n) is 20.6. The van der Waals surface area contributed by atoms with E-state index in [1.54, 1.807) is 43.1 Å². The van der Waals surface area contributed by atoms with E-state index < -0.39 is 11.9 Å². The van der Waals surface area contributed by atoms with Crippen molar-refractivity contribution < 1.29 is 19.8 Å². The smallest absolute Gasteiger partial charge is 0.336 e. The van der Waals surface area contributed by atoms with Gasteiger partial charge in [-0.15, -0.1) is 22.7 Å². The van der Waals surface area contributed by atoms with Crippen LogP contribution in [0.4, 0.5) is 45.5 Å². The average Bonchev–Trinajstić information content (AvgIpc) is 1.53. The molecule has 9 aromatic carbocycles. The van der Waals surface area contributed by atoms with E-state index in [1.165, 1.54) is 56.9 Å². The number of carboxylic acid groups (broad SMARTS) is 2. The Morgan fingerprint density at radius 2 is 0.713 bits per heavy atom. The van der Waals surface area contributed by atoms with Crippen LogP contribution in [0.1, 0.15) is 160 Å². The Kier molecular flexibility index (Phi) is 43.1. The van der Waals surface area contributed by atoms with Gasteiger partial charge < -0.3 is 62.7 Å². The fourth-order valence-corrected chi connectivity index (χ4v) is 15.0. The number of aryl methyl sites for hydroxylation is 4. The Balaban J connectivity index is 0.000000161. The molecular weight excluding hydrogens is 1730 g/mol. The quantitative estimate of drug-likeness (QED) is 0.0178. The highest BCUT2D eigenvalue weighted by molar-refractivity contribution is 7.15. The summed E-state index contributed by atoms with van der Waals surface area (Å²) in [5.74, 6) is 2.35. The van der Waals surface area contributed by atoms with Gasteiger partial charge in [0, 0.05) is 202 Å². The van der Waals surface area contributed by atoms with E-state index in [1.807, 2.05) is 119 Å². The van der Waals surface area contributed by atoms with Gasteiger partial charge in [-0.05, 0) is 283 Å². The lowest BCUT2D eigenvalue weighted by molar-refractivity contribution is 0.0687. The van der Waals surface area contributed by atoms with Crippen molar-refractivity contribution in [2.24, 2.45) is 0 Å². The zero-order valence-electron chi connectivity index (χ0n) is 80.1. The van der Waals surface area contributed by atoms with Gasteiger partial charge >= 0.3 is 11.9 Å². The van der Waals surface area contributed by atoms with Gasteiger partial charge in [-0.1, -0.05) is 104 Å². The molecule has 136 heavy (non-hydrogen) atoms. The number of hydrogen-bond acceptors (Lipinski definition) is 22. The second kappa shape index (κ2) is 56.8. The zero-order valence-corrected chi connectivity index (χ0v) is 81.7. The number of allylic oxidation sites excluding steroid dienone is 1. The maximum atomic E-state index is 11.4. The third kappa shape index (κ3) is 33.9. The summed E-state index contributed by atoms with van der Waals surface area (Å²) in [6.45, 7) is 32.6. The van der Waals surface area contributed by atoms with Crippen molar-refractivity contribution in [3.05, 3.63) is 318 Å². The number of carbonyl (C=O) groups is 2. The van der Waals surface area contributed by atoms with E-state index in [4.69, 9.17) is 0 Å². The molecule has 0 radical (unpaired) electrons. The number of hydrogen-bond donors (Lipinski definition) is 13. The van der Waals surface area contributed by atoms with Crippen LogP contribution in [-0.2, 0) is 6.42 Å². The fraction of sp³-hybridized carbons (Fsp3) is 0.266. The molecule has 1 aliphatic rings. The molecule has 7 aromatic heterocycles. The van der Waals surface area contributed by atoms with Crippen molar-refractivity contribution in [2.75, 3.05) is 94.9 Å². The van der Waals surface area contributed by atoms with Crippen molar-refractivity contribution >= 4 is 86.2 Å². The molecule has 16 aromatic rings. The lowest BCUT2D eigenvalue weighted by atomic mass is 10.0. The first-order valence-corrected chi connectivity index (χ1v) is 48.4. The highest BCUT2D eigenvalue weighted by Crippen LogP contribution is 2.34. The number of benzene rings is 9. The number of carboxylic acids is 2. The molecule has 0 unspecified atom stereocenters. The number of H-pyrrole nitrogens is 3. The van der Waals surface area contributed by atoms with E-state index in [0.717, 1.165) is 238 Å². The summed E-state index contributed by atoms with van der Waals surface area (Å²) in [5.41, 5.74) is 23.4. The molecule has 0 saturated carbocycles. The van der Waals surface area contributed by atoms with Crippen LogP contribution < -0.4 is 42.5 Å². The average molecular weight is 1860 g/mol. The number of aromatic carboxylic acids is 2. The fourth-order valence-electron chi connectivity index (χ4n) is 13.4. The van der Waals surface area contributed by atoms with Gasteiger partial charge in [0.05, 0.1) is 16.8 Å². The summed E-state index contributed by atoms with van der Waals surface area (Å²) in [6.07, 6.45) is 32.0. The summed E-state index contributed by atoms with van der Waals surface area (Å²) in [4.78, 5) is 69.2. The van der Waals surface area contributed by atoms with Crippen LogP contribution in [0.5, 0.6) is 0 Å². The van der Waals surface area contributed by atoms with E-state index in [2.05, 4.69) is 302 Å². The molecule has 7 heterocycles. The molecule has 0 bridgehead atoms. The summed E-state index contributed by atoms with van der Waals surface area (Å²) in [7, 11) is 0. The normalized spacial score (nSPS) is 10.6. The Morgan fingerprint density at radius 1 is 0.353 bits per heavy atom. The molecule has 0 aliphatic heterocycles. The molecule has 27 heteroatoms. The third-order valence-corrected chi connectivity index (χ3v) is 22.5. The molecule has 706 valence electrons. The number of imidazole rings is 2. The summed E-state index contributed by atoms with van der Waals surface area (Å²) in [6, 6.07) is 69.4. The van der Waals surface area contributed by atoms with Crippen LogP contribution in [0.15, 0.2) is 274 Å². The Hall–Kier alpha value is -15.0. The second-order valence-electron chi connectivity index (χ2n) is 31.9. The molecule has 25 nitrogen and oxygen atoms in total. The number of fused-ring (bicyclic) bond motifs is 1. The van der Waals surface area contributed by atoms with Crippen molar-refractivity contribution in [3.63, 3.8) is 0 Å². The number of nitrogens with one attached hydrogen (secondary N) is 11. The Labute approximate surface area is 808 Å². The van der Waals surface area contributed by atoms with Crippen LogP contribution in [0, 0.1) is 27.7 Å². The topological polar surface area (TPSA) is 347 Å². The van der Waals surface area contributed by atoms with Crippen molar-refractivity contribution in [2.45, 2.75) is 141 Å². The molecular formula is C109H129N21O4S2. The number of aromatic nitrogens is 13. The number of aromatic amines is 3. The van der Waals surface area contributed by atoms with Crippen LogP contribution in [0.3, 0.4) is 0 Å². The minimum Gasteiger partial charge on any atom is -0.478 e. The first kappa shape index (κ1) is 103. The minimum absolute atomic E-state index is 0.287. The Bertz CT molecular complexity index is 5850. The van der Waals surface area contributed by atoms with Gasteiger partial charge in [0.2, 0.25) is 0 Å². The van der Waals surface area contributed by atoms with Crippen LogP contribution in [0.2, 0.25) is 0 Å². The first-order valence-electron chi connectivity index (χ1n) is 46.7. The molecule has 1 aliphatic carbocycles. The van der Waals surface area contributed by atoms with Gasteiger partial charge in [0.25, 0.3) is 0 Å². The molecule has 0 amide bonds. The van der Waals surface area contributed by atoms with Gasteiger partial charge in [-0.25, -0.2) is 54.4 Å². The van der Waals surface area contributed by atoms with Crippen molar-refractivity contribution in [1.29, 1.82) is 0 Å². The molecule has 0 spiro atoms. The number of rotatable bonds is 34. The van der Waals surface area contributed by atoms with E-state index in [9.17, 15) is 19.8 Å². The highest BCUT2D eigenvalue weighted by Gasteiger charge is 2.18. The lowest BCUT2D eigenvalue weighted by Gasteiger charge is -2.08. The molecule has 17 rings (SSSR count). The van der Waals surface area contributed by atoms with Gasteiger partial charge in [0.15, 0.2) is 11.6 Å². The monoisotopic (exact) mass is 1860 g/mol. The van der Waals surface area contributed by atoms with E-state index >= 15 is 0 Å². The van der Waals surface area contributed by atoms with Gasteiger partial charge in [-0.3, -0.25) is 5.10 Å². The van der Waals surface area contributed by atoms with Crippen LogP contribution in [-0.4, -0.2) is 140 Å². The van der Waals surface area contributed by atoms with Gasteiger partial charge in [0.1, 0.15) is 33.8 Å². The predicted molar refractivity (Wildman–Crippen MR) is 568 cm³/mol. The van der Waals surface area contributed by atoms with Crippen LogP contribution in [0.25, 0.3) is 95.2 Å². The van der Waals surface area contributed by atoms with Crippen LogP contribution >= 0.6 is 22.7 Å². The number of thiazole rings is 2. The number of nitrogens with zero attached hydrogens (tertiary/aromatic N) is 10. The highest BCUT2D eigenvalue weighted by atomic mass is 32.1. The number of anilines is 8. The SMILES string of the molecule is CCCNc1ccc(-c2ccc3c(c2)C=CC3)cc1.CCCNc1ccc(-c2ccnc(C)n2)cc1.CCCNc1ccc(-c2ncc(C)cn2)cc1.CCCNc1ccc(-c2ncc(C)s2)c(C(=O)O)c1.CCCNc1ccc(-c2ncc(C)s2)c(C(=O)O)c1.CCCNc1ccc(-c2ncc[nH]2)cc1.CCCNc1ccc(-c2ncc[nH]2)cc1.CCCNc1ccc(-c2ncn[nH]2)cc1. The molecule has 0 saturated heterocycles. The van der Waals surface area contributed by atoms with Gasteiger partial charge in [-0.2, -0.15) is 5.10 Å². The Morgan fingerprint density at radius 3 is 1.06 bits per heavy atom. The minimum atomic E-state index is -0.928. The summed E-state index contributed by atoms with van der Waals surface area (Å²) >= 11 is 3.00. The second-order valence-corrected chi connectivity index (χ2v) is 34.3. The van der Waals surface area contributed by atoms with E-state index in [0.29, 0.717) is 11.1 Å². The first-order chi connectivity index (χ1) is 66.4. The lowest BCUT2D eigenvalue weighted by Crippen LogP contribution is -2.04. The zero-order chi connectivity index (χ0) is 96.4. The standard InChI is InChI=1S/C18H19N.2C14H17N3.2C14H16N2O2S.2C12H15N3.C11H14N4/c1-2-12-19-18-10-8-15(9-11-18)17-7-6-14-4-3-5-16(14)13-17;1-3-9-16-13-6-4-12(5-7-13)14-8-10-15-11(2)17-14;1-3-8-15-13-6-4-12(5-7-13)14-16-9-11(2)10-17-14;2*1-3-6-15-10-4-5-11(12(7-10)14(17)18)13-16-8-9(2)19-13;2*1-2-7-13-11-5-3-10(4-6-11)12-14-8-9-15-12;1-2-7-12-10-5-3-9(4-6-10)11-13-8-14-15-11/h3,5-11,13,19H,2,4,12H2,1H3;4-8,10,16H,3,9H2,1-2H3;4-7,9-10,15H,3,8H2,1-2H3;2*4-5,7-8,15H,3,6H2,1-2H3,(H,17,18);2*3-6,8-9,13H,2,7H2,1H3,(H,14,15);3-6,8,12H,2,7H2,1H3,(H,13,14,15). The summed E-state index contributed by atoms with van der Waals surface area (Å²) in [5, 5.41) is 53.3. The molecule has 0 atom stereocenters. The summed E-state index contributed by atoms with van der Waals surface area (Å²) < 4.78 is 0. The van der Waals surface area contributed by atoms with Crippen molar-refractivity contribution in [1.82, 2.24) is 65.0 Å².